The molecule has 144 valence electrons. The quantitative estimate of drug-likeness (QED) is 0.807. The molecule has 0 aliphatic carbocycles. The Kier molecular flexibility index (Phi) is 5.74. The molecule has 0 spiro atoms. The fourth-order valence-electron chi connectivity index (χ4n) is 3.13. The van der Waals surface area contributed by atoms with E-state index in [9.17, 15) is 18.3 Å². The van der Waals surface area contributed by atoms with Crippen LogP contribution in [0.5, 0.6) is 5.75 Å². The summed E-state index contributed by atoms with van der Waals surface area (Å²) < 4.78 is 27.4. The van der Waals surface area contributed by atoms with Crippen LogP contribution in [-0.2, 0) is 10.0 Å². The molecule has 1 aliphatic rings. The van der Waals surface area contributed by atoms with Crippen molar-refractivity contribution in [1.82, 2.24) is 4.31 Å². The highest BCUT2D eigenvalue weighted by Crippen LogP contribution is 2.29. The Bertz CT molecular complexity index is 962. The topological polar surface area (TPSA) is 86.7 Å². The van der Waals surface area contributed by atoms with E-state index < -0.39 is 15.9 Å². The maximum atomic E-state index is 13.0. The molecule has 1 aliphatic heterocycles. The molecule has 2 N–H and O–H groups in total. The number of piperidine rings is 1. The van der Waals surface area contributed by atoms with Crippen molar-refractivity contribution < 1.29 is 18.3 Å². The summed E-state index contributed by atoms with van der Waals surface area (Å²) >= 11 is 6.15. The van der Waals surface area contributed by atoms with Crippen molar-refractivity contribution in [2.24, 2.45) is 5.92 Å². The fourth-order valence-corrected chi connectivity index (χ4v) is 5.23. The number of hydrogen-bond acceptors (Lipinski definition) is 4. The summed E-state index contributed by atoms with van der Waals surface area (Å²) in [7, 11) is -3.78. The van der Waals surface area contributed by atoms with E-state index in [1.54, 1.807) is 12.1 Å². The number of phenolic OH excluding ortho intramolecular Hbond substituents is 1. The molecule has 1 saturated heterocycles. The Morgan fingerprint density at radius 2 is 2.04 bits per heavy atom. The number of sulfonamides is 1. The third-order valence-electron chi connectivity index (χ3n) is 4.53. The van der Waals surface area contributed by atoms with Gasteiger partial charge in [0.15, 0.2) is 0 Å². The Morgan fingerprint density at radius 1 is 1.26 bits per heavy atom. The Hall–Kier alpha value is -2.09. The molecular formula is C19H21ClN2O4S. The molecule has 2 aromatic carbocycles. The van der Waals surface area contributed by atoms with Crippen LogP contribution in [0.3, 0.4) is 0 Å². The van der Waals surface area contributed by atoms with E-state index in [-0.39, 0.29) is 27.1 Å². The van der Waals surface area contributed by atoms with Gasteiger partial charge in [0.2, 0.25) is 10.0 Å². The Labute approximate surface area is 163 Å². The standard InChI is InChI=1S/C19H21ClN2O4S/c1-13-4-3-9-22(12-13)27(25,26)18-10-14(7-8-17(18)20)19(24)21-15-5-2-6-16(23)11-15/h2,5-8,10-11,13,23H,3-4,9,12H2,1H3,(H,21,24). The number of aromatic hydroxyl groups is 1. The SMILES string of the molecule is CC1CCCN(S(=O)(=O)c2cc(C(=O)Nc3cccc(O)c3)ccc2Cl)C1. The van der Waals surface area contributed by atoms with Gasteiger partial charge in [-0.1, -0.05) is 24.6 Å². The van der Waals surface area contributed by atoms with Crippen molar-refractivity contribution in [3.8, 4) is 5.75 Å². The third-order valence-corrected chi connectivity index (χ3v) is 6.88. The minimum absolute atomic E-state index is 0.0198. The van der Waals surface area contributed by atoms with Crippen LogP contribution in [-0.4, -0.2) is 36.8 Å². The van der Waals surface area contributed by atoms with Crippen LogP contribution in [0.15, 0.2) is 47.4 Å². The molecular weight excluding hydrogens is 388 g/mol. The number of amides is 1. The van der Waals surface area contributed by atoms with E-state index in [2.05, 4.69) is 5.32 Å². The molecule has 1 amide bonds. The summed E-state index contributed by atoms with van der Waals surface area (Å²) in [6.45, 7) is 2.91. The van der Waals surface area contributed by atoms with Crippen molar-refractivity contribution in [3.63, 3.8) is 0 Å². The van der Waals surface area contributed by atoms with Gasteiger partial charge in [-0.3, -0.25) is 4.79 Å². The van der Waals surface area contributed by atoms with Gasteiger partial charge in [0.05, 0.1) is 5.02 Å². The first-order chi connectivity index (χ1) is 12.8. The van der Waals surface area contributed by atoms with Crippen molar-refractivity contribution in [2.75, 3.05) is 18.4 Å². The lowest BCUT2D eigenvalue weighted by atomic mass is 10.0. The molecule has 6 nitrogen and oxygen atoms in total. The monoisotopic (exact) mass is 408 g/mol. The van der Waals surface area contributed by atoms with Crippen LogP contribution in [0.4, 0.5) is 5.69 Å². The molecule has 0 bridgehead atoms. The number of hydrogen-bond donors (Lipinski definition) is 2. The smallest absolute Gasteiger partial charge is 0.255 e. The van der Waals surface area contributed by atoms with E-state index in [1.807, 2.05) is 6.92 Å². The van der Waals surface area contributed by atoms with Crippen LogP contribution in [0.1, 0.15) is 30.1 Å². The van der Waals surface area contributed by atoms with Gasteiger partial charge in [0.1, 0.15) is 10.6 Å². The van der Waals surface area contributed by atoms with Gasteiger partial charge >= 0.3 is 0 Å². The van der Waals surface area contributed by atoms with E-state index in [0.717, 1.165) is 12.8 Å². The predicted molar refractivity (Wildman–Crippen MR) is 105 cm³/mol. The molecule has 2 aromatic rings. The Morgan fingerprint density at radius 3 is 2.74 bits per heavy atom. The first-order valence-electron chi connectivity index (χ1n) is 8.67. The normalized spacial score (nSPS) is 18.2. The molecule has 27 heavy (non-hydrogen) atoms. The largest absolute Gasteiger partial charge is 0.508 e. The second-order valence-corrected chi connectivity index (χ2v) is 9.07. The second kappa shape index (κ2) is 7.88. The summed E-state index contributed by atoms with van der Waals surface area (Å²) in [6, 6.07) is 10.3. The summed E-state index contributed by atoms with van der Waals surface area (Å²) in [5, 5.41) is 12.2. The lowest BCUT2D eigenvalue weighted by Crippen LogP contribution is -2.39. The van der Waals surface area contributed by atoms with Crippen LogP contribution in [0.2, 0.25) is 5.02 Å². The molecule has 3 rings (SSSR count). The zero-order valence-corrected chi connectivity index (χ0v) is 16.4. The van der Waals surface area contributed by atoms with Gasteiger partial charge < -0.3 is 10.4 Å². The fraction of sp³-hybridized carbons (Fsp3) is 0.316. The summed E-state index contributed by atoms with van der Waals surface area (Å²) in [4.78, 5) is 12.4. The average Bonchev–Trinajstić information content (AvgIpc) is 2.62. The molecule has 1 fully saturated rings. The summed E-state index contributed by atoms with van der Waals surface area (Å²) in [5.74, 6) is -0.184. The predicted octanol–water partition coefficient (Wildman–Crippen LogP) is 3.72. The lowest BCUT2D eigenvalue weighted by molar-refractivity contribution is 0.102. The molecule has 0 saturated carbocycles. The highest BCUT2D eigenvalue weighted by Gasteiger charge is 2.30. The minimum Gasteiger partial charge on any atom is -0.508 e. The van der Waals surface area contributed by atoms with Gasteiger partial charge in [-0.25, -0.2) is 8.42 Å². The van der Waals surface area contributed by atoms with Crippen LogP contribution in [0, 0.1) is 5.92 Å². The molecule has 1 heterocycles. The first-order valence-corrected chi connectivity index (χ1v) is 10.5. The highest BCUT2D eigenvalue weighted by atomic mass is 35.5. The summed E-state index contributed by atoms with van der Waals surface area (Å²) in [6.07, 6.45) is 1.79. The van der Waals surface area contributed by atoms with Crippen LogP contribution >= 0.6 is 11.6 Å². The molecule has 0 aromatic heterocycles. The number of carbonyl (C=O) groups excluding carboxylic acids is 1. The second-order valence-electron chi connectivity index (χ2n) is 6.76. The van der Waals surface area contributed by atoms with Gasteiger partial charge in [-0.05, 0) is 49.1 Å². The Balaban J connectivity index is 1.88. The van der Waals surface area contributed by atoms with Gasteiger partial charge in [0.25, 0.3) is 5.91 Å². The van der Waals surface area contributed by atoms with E-state index in [1.165, 1.54) is 34.6 Å². The van der Waals surface area contributed by atoms with Crippen molar-refractivity contribution in [1.29, 1.82) is 0 Å². The van der Waals surface area contributed by atoms with Crippen LogP contribution in [0.25, 0.3) is 0 Å². The average molecular weight is 409 g/mol. The number of halogens is 1. The number of rotatable bonds is 4. The maximum Gasteiger partial charge on any atom is 0.255 e. The molecule has 1 atom stereocenters. The minimum atomic E-state index is -3.78. The zero-order valence-electron chi connectivity index (χ0n) is 14.9. The number of nitrogens with zero attached hydrogens (tertiary/aromatic N) is 1. The molecule has 8 heteroatoms. The number of benzene rings is 2. The first kappa shape index (κ1) is 19.7. The number of carbonyl (C=O) groups is 1. The number of phenols is 1. The van der Waals surface area contributed by atoms with E-state index >= 15 is 0 Å². The van der Waals surface area contributed by atoms with Gasteiger partial charge in [0, 0.05) is 30.4 Å². The van der Waals surface area contributed by atoms with E-state index in [4.69, 9.17) is 11.6 Å². The third kappa shape index (κ3) is 4.43. The molecule has 0 radical (unpaired) electrons. The highest BCUT2D eigenvalue weighted by molar-refractivity contribution is 7.89. The number of nitrogens with one attached hydrogen (secondary N) is 1. The van der Waals surface area contributed by atoms with Crippen molar-refractivity contribution in [3.05, 3.63) is 53.1 Å². The molecule has 1 unspecified atom stereocenters. The number of anilines is 1. The van der Waals surface area contributed by atoms with Crippen molar-refractivity contribution >= 4 is 33.2 Å². The lowest BCUT2D eigenvalue weighted by Gasteiger charge is -2.30. The zero-order chi connectivity index (χ0) is 19.6. The van der Waals surface area contributed by atoms with E-state index in [0.29, 0.717) is 18.8 Å². The maximum absolute atomic E-state index is 13.0. The van der Waals surface area contributed by atoms with Gasteiger partial charge in [-0.2, -0.15) is 4.31 Å². The van der Waals surface area contributed by atoms with Gasteiger partial charge in [-0.15, -0.1) is 0 Å². The summed E-state index contributed by atoms with van der Waals surface area (Å²) in [5.41, 5.74) is 0.579. The van der Waals surface area contributed by atoms with Crippen LogP contribution < -0.4 is 5.32 Å². The van der Waals surface area contributed by atoms with Crippen molar-refractivity contribution in [2.45, 2.75) is 24.7 Å².